The van der Waals surface area contributed by atoms with Crippen LogP contribution in [0.1, 0.15) is 12.5 Å². The number of hydrogen-bond donors (Lipinski definition) is 1. The molecule has 0 amide bonds. The second-order valence-corrected chi connectivity index (χ2v) is 5.40. The van der Waals surface area contributed by atoms with Crippen LogP contribution in [0.15, 0.2) is 18.2 Å². The first-order valence-electron chi connectivity index (χ1n) is 6.47. The molecule has 1 aliphatic heterocycles. The molecule has 1 saturated heterocycles. The molecule has 1 N–H and O–H groups in total. The maximum Gasteiger partial charge on any atom is 0.320 e. The third-order valence-electron chi connectivity index (χ3n) is 3.73. The average Bonchev–Trinajstić information content (AvgIpc) is 2.41. The summed E-state index contributed by atoms with van der Waals surface area (Å²) in [4.78, 5) is 15.2. The van der Waals surface area contributed by atoms with E-state index in [0.717, 1.165) is 36.9 Å². The molecule has 2 rings (SSSR count). The zero-order chi connectivity index (χ0) is 14.0. The Morgan fingerprint density at radius 2 is 1.95 bits per heavy atom. The number of benzene rings is 1. The van der Waals surface area contributed by atoms with Gasteiger partial charge in [-0.2, -0.15) is 0 Å². The smallest absolute Gasteiger partial charge is 0.320 e. The van der Waals surface area contributed by atoms with Crippen molar-refractivity contribution in [2.75, 3.05) is 31.1 Å². The van der Waals surface area contributed by atoms with Crippen LogP contribution in [0.3, 0.4) is 0 Å². The number of carboxylic acids is 1. The van der Waals surface area contributed by atoms with Gasteiger partial charge in [0, 0.05) is 36.9 Å². The van der Waals surface area contributed by atoms with Gasteiger partial charge in [0.1, 0.15) is 6.04 Å². The first-order valence-corrected chi connectivity index (χ1v) is 6.85. The number of hydrogen-bond acceptors (Lipinski definition) is 3. The molecule has 0 saturated carbocycles. The van der Waals surface area contributed by atoms with Crippen LogP contribution >= 0.6 is 11.6 Å². The van der Waals surface area contributed by atoms with Crippen molar-refractivity contribution in [3.8, 4) is 0 Å². The Balaban J connectivity index is 2.04. The van der Waals surface area contributed by atoms with Crippen molar-refractivity contribution in [3.05, 3.63) is 28.8 Å². The van der Waals surface area contributed by atoms with E-state index in [9.17, 15) is 4.79 Å². The summed E-state index contributed by atoms with van der Waals surface area (Å²) in [6, 6.07) is 5.47. The van der Waals surface area contributed by atoms with E-state index in [4.69, 9.17) is 16.7 Å². The van der Waals surface area contributed by atoms with Gasteiger partial charge in [-0.15, -0.1) is 0 Å². The maximum atomic E-state index is 11.0. The lowest BCUT2D eigenvalue weighted by Gasteiger charge is -2.38. The van der Waals surface area contributed by atoms with E-state index >= 15 is 0 Å². The summed E-state index contributed by atoms with van der Waals surface area (Å²) in [6.45, 7) is 7.00. The monoisotopic (exact) mass is 282 g/mol. The predicted octanol–water partition coefficient (Wildman–Crippen LogP) is 2.24. The van der Waals surface area contributed by atoms with Gasteiger partial charge in [0.25, 0.3) is 0 Å². The Kier molecular flexibility index (Phi) is 4.32. The van der Waals surface area contributed by atoms with Crippen LogP contribution in [0.2, 0.25) is 5.02 Å². The van der Waals surface area contributed by atoms with Crippen LogP contribution < -0.4 is 4.90 Å². The van der Waals surface area contributed by atoms with Crippen molar-refractivity contribution in [2.24, 2.45) is 0 Å². The fraction of sp³-hybridized carbons (Fsp3) is 0.500. The van der Waals surface area contributed by atoms with Crippen molar-refractivity contribution in [2.45, 2.75) is 19.9 Å². The number of rotatable bonds is 3. The first-order chi connectivity index (χ1) is 8.99. The number of piperazine rings is 1. The van der Waals surface area contributed by atoms with Crippen molar-refractivity contribution >= 4 is 23.3 Å². The van der Waals surface area contributed by atoms with Gasteiger partial charge in [-0.25, -0.2) is 0 Å². The standard InChI is InChI=1S/C14H19ClN2O2/c1-10-3-4-12(15)9-13(10)17-7-5-16(6-8-17)11(2)14(18)19/h3-4,9,11H,5-8H2,1-2H3,(H,18,19). The van der Waals surface area contributed by atoms with E-state index in [-0.39, 0.29) is 0 Å². The van der Waals surface area contributed by atoms with Crippen molar-refractivity contribution < 1.29 is 9.90 Å². The summed E-state index contributed by atoms with van der Waals surface area (Å²) >= 11 is 6.04. The third kappa shape index (κ3) is 3.19. The molecule has 1 heterocycles. The summed E-state index contributed by atoms with van der Waals surface area (Å²) in [6.07, 6.45) is 0. The summed E-state index contributed by atoms with van der Waals surface area (Å²) in [5.74, 6) is -0.757. The summed E-state index contributed by atoms with van der Waals surface area (Å²) in [7, 11) is 0. The van der Waals surface area contributed by atoms with Crippen LogP contribution in [0, 0.1) is 6.92 Å². The number of halogens is 1. The molecule has 0 radical (unpaired) electrons. The molecule has 4 nitrogen and oxygen atoms in total. The van der Waals surface area contributed by atoms with Gasteiger partial charge in [-0.05, 0) is 31.5 Å². The van der Waals surface area contributed by atoms with Crippen LogP contribution in [-0.4, -0.2) is 48.2 Å². The van der Waals surface area contributed by atoms with Gasteiger partial charge < -0.3 is 10.0 Å². The van der Waals surface area contributed by atoms with Gasteiger partial charge in [-0.3, -0.25) is 9.69 Å². The van der Waals surface area contributed by atoms with E-state index in [1.807, 2.05) is 23.1 Å². The van der Waals surface area contributed by atoms with Crippen LogP contribution in [0.5, 0.6) is 0 Å². The molecule has 1 aromatic rings. The lowest BCUT2D eigenvalue weighted by Crippen LogP contribution is -2.51. The summed E-state index contributed by atoms with van der Waals surface area (Å²) in [5, 5.41) is 9.76. The molecule has 19 heavy (non-hydrogen) atoms. The van der Waals surface area contributed by atoms with Crippen LogP contribution in [0.25, 0.3) is 0 Å². The van der Waals surface area contributed by atoms with E-state index in [2.05, 4.69) is 11.8 Å². The molecule has 0 spiro atoms. The Labute approximate surface area is 118 Å². The second-order valence-electron chi connectivity index (χ2n) is 4.97. The maximum absolute atomic E-state index is 11.0. The highest BCUT2D eigenvalue weighted by Crippen LogP contribution is 2.25. The molecule has 1 atom stereocenters. The van der Waals surface area contributed by atoms with Gasteiger partial charge >= 0.3 is 5.97 Å². The van der Waals surface area contributed by atoms with E-state index in [1.54, 1.807) is 6.92 Å². The number of aryl methyl sites for hydroxylation is 1. The molecule has 1 aromatic carbocycles. The molecule has 1 fully saturated rings. The molecule has 104 valence electrons. The predicted molar refractivity (Wildman–Crippen MR) is 77.1 cm³/mol. The topological polar surface area (TPSA) is 43.8 Å². The Hall–Kier alpha value is -1.26. The molecule has 0 bridgehead atoms. The largest absolute Gasteiger partial charge is 0.480 e. The van der Waals surface area contributed by atoms with Gasteiger partial charge in [-0.1, -0.05) is 17.7 Å². The SMILES string of the molecule is Cc1ccc(Cl)cc1N1CCN(C(C)C(=O)O)CC1. The van der Waals surface area contributed by atoms with Crippen molar-refractivity contribution in [3.63, 3.8) is 0 Å². The third-order valence-corrected chi connectivity index (χ3v) is 3.97. The normalized spacial score (nSPS) is 18.4. The molecule has 1 unspecified atom stereocenters. The summed E-state index contributed by atoms with van der Waals surface area (Å²) in [5.41, 5.74) is 2.35. The first kappa shape index (κ1) is 14.2. The number of anilines is 1. The van der Waals surface area contributed by atoms with Gasteiger partial charge in [0.2, 0.25) is 0 Å². The van der Waals surface area contributed by atoms with Gasteiger partial charge in [0.15, 0.2) is 0 Å². The van der Waals surface area contributed by atoms with Crippen LogP contribution in [0.4, 0.5) is 5.69 Å². The van der Waals surface area contributed by atoms with Crippen molar-refractivity contribution in [1.29, 1.82) is 0 Å². The lowest BCUT2D eigenvalue weighted by atomic mass is 10.1. The lowest BCUT2D eigenvalue weighted by molar-refractivity contribution is -0.142. The fourth-order valence-electron chi connectivity index (χ4n) is 2.43. The minimum absolute atomic E-state index is 0.414. The second kappa shape index (κ2) is 5.80. The highest BCUT2D eigenvalue weighted by Gasteiger charge is 2.25. The van der Waals surface area contributed by atoms with E-state index in [1.165, 1.54) is 5.56 Å². The number of aliphatic carboxylic acids is 1. The fourth-order valence-corrected chi connectivity index (χ4v) is 2.60. The Morgan fingerprint density at radius 1 is 1.32 bits per heavy atom. The highest BCUT2D eigenvalue weighted by atomic mass is 35.5. The Morgan fingerprint density at radius 3 is 2.53 bits per heavy atom. The molecule has 1 aliphatic rings. The van der Waals surface area contributed by atoms with E-state index in [0.29, 0.717) is 0 Å². The molecule has 0 aromatic heterocycles. The zero-order valence-electron chi connectivity index (χ0n) is 11.3. The number of carboxylic acid groups (broad SMARTS) is 1. The van der Waals surface area contributed by atoms with E-state index < -0.39 is 12.0 Å². The molecule has 5 heteroatoms. The number of nitrogens with zero attached hydrogens (tertiary/aromatic N) is 2. The minimum atomic E-state index is -0.757. The minimum Gasteiger partial charge on any atom is -0.480 e. The molecular formula is C14H19ClN2O2. The van der Waals surface area contributed by atoms with Crippen LogP contribution in [-0.2, 0) is 4.79 Å². The highest BCUT2D eigenvalue weighted by molar-refractivity contribution is 6.30. The van der Waals surface area contributed by atoms with Crippen molar-refractivity contribution in [1.82, 2.24) is 4.90 Å². The quantitative estimate of drug-likeness (QED) is 0.923. The van der Waals surface area contributed by atoms with Gasteiger partial charge in [0.05, 0.1) is 0 Å². The number of carbonyl (C=O) groups is 1. The summed E-state index contributed by atoms with van der Waals surface area (Å²) < 4.78 is 0. The zero-order valence-corrected chi connectivity index (χ0v) is 12.0. The average molecular weight is 283 g/mol. The molecule has 0 aliphatic carbocycles. The Bertz CT molecular complexity index is 471. The molecular weight excluding hydrogens is 264 g/mol.